The highest BCUT2D eigenvalue weighted by molar-refractivity contribution is 5.94. The molecule has 1 fully saturated rings. The number of nitrogens with zero attached hydrogens (tertiary/aromatic N) is 2. The van der Waals surface area contributed by atoms with Crippen LogP contribution in [0.5, 0.6) is 0 Å². The Hall–Kier alpha value is -1.70. The summed E-state index contributed by atoms with van der Waals surface area (Å²) >= 11 is 0. The average Bonchev–Trinajstić information content (AvgIpc) is 2.48. The number of aromatic nitrogens is 1. The molecule has 1 aromatic heterocycles. The summed E-state index contributed by atoms with van der Waals surface area (Å²) in [5, 5.41) is 2.87. The van der Waals surface area contributed by atoms with Gasteiger partial charge in [0.05, 0.1) is 18.8 Å². The number of anilines is 1. The first-order valence-electron chi connectivity index (χ1n) is 6.30. The van der Waals surface area contributed by atoms with E-state index in [0.717, 1.165) is 32.8 Å². The third kappa shape index (κ3) is 4.16. The van der Waals surface area contributed by atoms with E-state index < -0.39 is 0 Å². The van der Waals surface area contributed by atoms with Crippen molar-refractivity contribution >= 4 is 11.7 Å². The van der Waals surface area contributed by atoms with Gasteiger partial charge in [-0.3, -0.25) is 9.69 Å². The molecule has 0 aromatic carbocycles. The molecule has 1 amide bonds. The molecule has 1 saturated heterocycles. The Morgan fingerprint density at radius 1 is 1.42 bits per heavy atom. The van der Waals surface area contributed by atoms with Crippen molar-refractivity contribution in [3.8, 4) is 0 Å². The summed E-state index contributed by atoms with van der Waals surface area (Å²) in [6, 6.07) is 3.35. The largest absolute Gasteiger partial charge is 0.379 e. The first-order valence-corrected chi connectivity index (χ1v) is 6.30. The Morgan fingerprint density at radius 3 is 2.84 bits per heavy atom. The second-order valence-electron chi connectivity index (χ2n) is 4.29. The highest BCUT2D eigenvalue weighted by atomic mass is 16.5. The zero-order valence-electron chi connectivity index (χ0n) is 10.8. The molecule has 2 rings (SSSR count). The maximum absolute atomic E-state index is 11.8. The molecule has 0 unspecified atom stereocenters. The molecule has 0 saturated carbocycles. The fraction of sp³-hybridized carbons (Fsp3) is 0.500. The fourth-order valence-corrected chi connectivity index (χ4v) is 1.87. The van der Waals surface area contributed by atoms with Crippen LogP contribution in [-0.4, -0.2) is 55.2 Å². The number of nitrogen functional groups attached to an aromatic ring is 1. The molecule has 4 N–H and O–H groups in total. The van der Waals surface area contributed by atoms with Gasteiger partial charge >= 0.3 is 0 Å². The molecule has 7 heteroatoms. The van der Waals surface area contributed by atoms with Gasteiger partial charge in [0.25, 0.3) is 5.91 Å². The number of pyridine rings is 1. The van der Waals surface area contributed by atoms with Gasteiger partial charge in [-0.05, 0) is 12.1 Å². The van der Waals surface area contributed by atoms with E-state index in [1.807, 2.05) is 0 Å². The topological polar surface area (TPSA) is 92.5 Å². The molecule has 2 heterocycles. The van der Waals surface area contributed by atoms with E-state index in [9.17, 15) is 4.79 Å². The summed E-state index contributed by atoms with van der Waals surface area (Å²) < 4.78 is 5.26. The van der Waals surface area contributed by atoms with Crippen molar-refractivity contribution in [1.29, 1.82) is 0 Å². The molecule has 104 valence electrons. The number of carbonyl (C=O) groups is 1. The molecule has 1 aromatic rings. The lowest BCUT2D eigenvalue weighted by Gasteiger charge is -2.26. The first kappa shape index (κ1) is 13.7. The Labute approximate surface area is 112 Å². The van der Waals surface area contributed by atoms with Crippen molar-refractivity contribution in [1.82, 2.24) is 15.2 Å². The van der Waals surface area contributed by atoms with E-state index >= 15 is 0 Å². The van der Waals surface area contributed by atoms with Crippen LogP contribution in [0.3, 0.4) is 0 Å². The van der Waals surface area contributed by atoms with Crippen molar-refractivity contribution in [2.45, 2.75) is 0 Å². The monoisotopic (exact) mass is 265 g/mol. The Morgan fingerprint density at radius 2 is 2.21 bits per heavy atom. The molecule has 1 aliphatic heterocycles. The number of amides is 1. The van der Waals surface area contributed by atoms with Crippen molar-refractivity contribution in [2.24, 2.45) is 5.84 Å². The highest BCUT2D eigenvalue weighted by Crippen LogP contribution is 2.03. The van der Waals surface area contributed by atoms with E-state index in [1.165, 1.54) is 6.20 Å². The second kappa shape index (κ2) is 7.03. The van der Waals surface area contributed by atoms with Gasteiger partial charge in [-0.25, -0.2) is 10.8 Å². The van der Waals surface area contributed by atoms with E-state index in [4.69, 9.17) is 10.6 Å². The number of hydrogen-bond donors (Lipinski definition) is 3. The minimum Gasteiger partial charge on any atom is -0.379 e. The van der Waals surface area contributed by atoms with E-state index in [1.54, 1.807) is 12.1 Å². The third-order valence-electron chi connectivity index (χ3n) is 2.99. The number of rotatable bonds is 5. The first-order chi connectivity index (χ1) is 9.29. The minimum absolute atomic E-state index is 0.121. The molecular weight excluding hydrogens is 246 g/mol. The molecule has 0 spiro atoms. The predicted molar refractivity (Wildman–Crippen MR) is 71.6 cm³/mol. The van der Waals surface area contributed by atoms with Crippen LogP contribution < -0.4 is 16.6 Å². The lowest BCUT2D eigenvalue weighted by Crippen LogP contribution is -2.41. The minimum atomic E-state index is -0.121. The molecule has 19 heavy (non-hydrogen) atoms. The molecule has 0 radical (unpaired) electrons. The van der Waals surface area contributed by atoms with Crippen LogP contribution >= 0.6 is 0 Å². The summed E-state index contributed by atoms with van der Waals surface area (Å²) in [6.07, 6.45) is 1.50. The SMILES string of the molecule is NNc1ccc(C(=O)NCCN2CCOCC2)cn1. The summed E-state index contributed by atoms with van der Waals surface area (Å²) in [7, 11) is 0. The second-order valence-corrected chi connectivity index (χ2v) is 4.29. The van der Waals surface area contributed by atoms with Crippen molar-refractivity contribution in [3.05, 3.63) is 23.9 Å². The summed E-state index contributed by atoms with van der Waals surface area (Å²) in [4.78, 5) is 18.1. The molecule has 0 bridgehead atoms. The van der Waals surface area contributed by atoms with Crippen LogP contribution in [0.15, 0.2) is 18.3 Å². The van der Waals surface area contributed by atoms with Gasteiger partial charge in [-0.15, -0.1) is 0 Å². The summed E-state index contributed by atoms with van der Waals surface area (Å²) in [6.45, 7) is 4.85. The van der Waals surface area contributed by atoms with Crippen molar-refractivity contribution in [2.75, 3.05) is 44.8 Å². The number of nitrogens with one attached hydrogen (secondary N) is 2. The normalized spacial score (nSPS) is 16.1. The number of hydrazine groups is 1. The van der Waals surface area contributed by atoms with Gasteiger partial charge in [0.15, 0.2) is 0 Å². The quantitative estimate of drug-likeness (QED) is 0.488. The number of nitrogens with two attached hydrogens (primary N) is 1. The molecule has 7 nitrogen and oxygen atoms in total. The highest BCUT2D eigenvalue weighted by Gasteiger charge is 2.11. The molecule has 0 atom stereocenters. The number of hydrogen-bond acceptors (Lipinski definition) is 6. The number of carbonyl (C=O) groups excluding carboxylic acids is 1. The summed E-state index contributed by atoms with van der Waals surface area (Å²) in [5.41, 5.74) is 2.95. The van der Waals surface area contributed by atoms with Crippen LogP contribution in [0.2, 0.25) is 0 Å². The third-order valence-corrected chi connectivity index (χ3v) is 2.99. The number of ether oxygens (including phenoxy) is 1. The van der Waals surface area contributed by atoms with Crippen LogP contribution in [0, 0.1) is 0 Å². The average molecular weight is 265 g/mol. The zero-order chi connectivity index (χ0) is 13.5. The fourth-order valence-electron chi connectivity index (χ4n) is 1.87. The van der Waals surface area contributed by atoms with Gasteiger partial charge < -0.3 is 15.5 Å². The van der Waals surface area contributed by atoms with E-state index in [0.29, 0.717) is 17.9 Å². The molecule has 0 aliphatic carbocycles. The Balaban J connectivity index is 1.73. The van der Waals surface area contributed by atoms with Crippen molar-refractivity contribution in [3.63, 3.8) is 0 Å². The van der Waals surface area contributed by atoms with Gasteiger partial charge in [-0.1, -0.05) is 0 Å². The Bertz CT molecular complexity index is 403. The standard InChI is InChI=1S/C12H19N5O2/c13-16-11-2-1-10(9-15-11)12(18)14-3-4-17-5-7-19-8-6-17/h1-2,9H,3-8,13H2,(H,14,18)(H,15,16). The van der Waals surface area contributed by atoms with Crippen LogP contribution in [0.25, 0.3) is 0 Å². The van der Waals surface area contributed by atoms with Crippen LogP contribution in [-0.2, 0) is 4.74 Å². The molecular formula is C12H19N5O2. The zero-order valence-corrected chi connectivity index (χ0v) is 10.8. The van der Waals surface area contributed by atoms with Crippen LogP contribution in [0.4, 0.5) is 5.82 Å². The van der Waals surface area contributed by atoms with Crippen LogP contribution in [0.1, 0.15) is 10.4 Å². The lowest BCUT2D eigenvalue weighted by molar-refractivity contribution is 0.0383. The summed E-state index contributed by atoms with van der Waals surface area (Å²) in [5.74, 6) is 5.62. The maximum Gasteiger partial charge on any atom is 0.252 e. The van der Waals surface area contributed by atoms with Gasteiger partial charge in [0.1, 0.15) is 5.82 Å². The number of morpholine rings is 1. The van der Waals surface area contributed by atoms with Crippen molar-refractivity contribution < 1.29 is 9.53 Å². The van der Waals surface area contributed by atoms with Gasteiger partial charge in [-0.2, -0.15) is 0 Å². The molecule has 1 aliphatic rings. The van der Waals surface area contributed by atoms with Gasteiger partial charge in [0, 0.05) is 32.4 Å². The van der Waals surface area contributed by atoms with Gasteiger partial charge in [0.2, 0.25) is 0 Å². The Kier molecular flexibility index (Phi) is 5.08. The van der Waals surface area contributed by atoms with E-state index in [-0.39, 0.29) is 5.91 Å². The van der Waals surface area contributed by atoms with E-state index in [2.05, 4.69) is 20.6 Å². The smallest absolute Gasteiger partial charge is 0.252 e. The predicted octanol–water partition coefficient (Wildman–Crippen LogP) is -0.571. The lowest BCUT2D eigenvalue weighted by atomic mass is 10.2. The maximum atomic E-state index is 11.8.